The van der Waals surface area contributed by atoms with Gasteiger partial charge in [-0.3, -0.25) is 15.0 Å². The second-order valence-electron chi connectivity index (χ2n) is 8.28. The molecule has 4 heterocycles. The molecule has 0 amide bonds. The summed E-state index contributed by atoms with van der Waals surface area (Å²) in [5.41, 5.74) is -0.415. The highest BCUT2D eigenvalue weighted by Gasteiger charge is 2.33. The van der Waals surface area contributed by atoms with Crippen LogP contribution in [0.25, 0.3) is 0 Å². The van der Waals surface area contributed by atoms with Crippen molar-refractivity contribution in [3.63, 3.8) is 0 Å². The molecule has 0 bridgehead atoms. The number of rotatable bonds is 6. The fraction of sp³-hybridized carbons (Fsp3) is 0.318. The van der Waals surface area contributed by atoms with E-state index in [1.54, 1.807) is 4.90 Å². The van der Waals surface area contributed by atoms with Crippen molar-refractivity contribution in [2.75, 3.05) is 43.2 Å². The summed E-state index contributed by atoms with van der Waals surface area (Å²) in [7, 11) is 0. The number of ether oxygens (including phenoxy) is 2. The molecule has 0 saturated carbocycles. The Morgan fingerprint density at radius 3 is 2.51 bits per heavy atom. The summed E-state index contributed by atoms with van der Waals surface area (Å²) in [5, 5.41) is 14.2. The zero-order chi connectivity index (χ0) is 26.2. The van der Waals surface area contributed by atoms with E-state index in [4.69, 9.17) is 21.1 Å². The first-order valence-corrected chi connectivity index (χ1v) is 11.4. The molecular formula is C22H19ClF3N7O4. The third kappa shape index (κ3) is 5.29. The lowest BCUT2D eigenvalue weighted by molar-refractivity contribution is -0.383. The van der Waals surface area contributed by atoms with Crippen molar-refractivity contribution in [3.8, 4) is 11.5 Å². The molecular weight excluding hydrogens is 519 g/mol. The molecule has 0 atom stereocenters. The van der Waals surface area contributed by atoms with Crippen LogP contribution in [0.5, 0.6) is 11.5 Å². The van der Waals surface area contributed by atoms with Gasteiger partial charge < -0.3 is 19.7 Å². The van der Waals surface area contributed by atoms with Gasteiger partial charge >= 0.3 is 11.9 Å². The fourth-order valence-corrected chi connectivity index (χ4v) is 4.29. The van der Waals surface area contributed by atoms with Gasteiger partial charge in [-0.2, -0.15) is 13.2 Å². The van der Waals surface area contributed by atoms with Gasteiger partial charge in [-0.05, 0) is 23.8 Å². The third-order valence-corrected chi connectivity index (χ3v) is 6.19. The minimum Gasteiger partial charge on any atom is -0.454 e. The van der Waals surface area contributed by atoms with Crippen LogP contribution in [0.3, 0.4) is 0 Å². The number of aromatic nitrogens is 3. The van der Waals surface area contributed by atoms with Crippen molar-refractivity contribution in [1.29, 1.82) is 0 Å². The summed E-state index contributed by atoms with van der Waals surface area (Å²) in [5.74, 6) is 1.08. The SMILES string of the molecule is O=[N+]([O-])c1c(Nc2ncc(C(F)(F)F)cc2Cl)ncnc1N1CCN(Cc2ccc3c(c2)OCO3)CC1. The van der Waals surface area contributed by atoms with Crippen LogP contribution in [0.15, 0.2) is 36.8 Å². The molecule has 3 aromatic rings. The molecule has 2 aliphatic rings. The summed E-state index contributed by atoms with van der Waals surface area (Å²) >= 11 is 5.95. The molecule has 194 valence electrons. The molecule has 2 aromatic heterocycles. The number of alkyl halides is 3. The second kappa shape index (κ2) is 9.86. The Balaban J connectivity index is 1.30. The largest absolute Gasteiger partial charge is 0.454 e. The van der Waals surface area contributed by atoms with Gasteiger partial charge in [0.1, 0.15) is 6.33 Å². The molecule has 0 radical (unpaired) electrons. The molecule has 0 aliphatic carbocycles. The van der Waals surface area contributed by atoms with E-state index < -0.39 is 22.4 Å². The summed E-state index contributed by atoms with van der Waals surface area (Å²) in [6.07, 6.45) is -2.91. The minimum absolute atomic E-state index is 0.0910. The maximum absolute atomic E-state index is 12.9. The summed E-state index contributed by atoms with van der Waals surface area (Å²) in [6.45, 7) is 3.02. The Bertz CT molecular complexity index is 1340. The van der Waals surface area contributed by atoms with Gasteiger partial charge in [-0.15, -0.1) is 0 Å². The number of piperazine rings is 1. The second-order valence-corrected chi connectivity index (χ2v) is 8.69. The van der Waals surface area contributed by atoms with E-state index in [0.717, 1.165) is 11.9 Å². The lowest BCUT2D eigenvalue weighted by Crippen LogP contribution is -2.46. The molecule has 1 saturated heterocycles. The molecule has 0 unspecified atom stereocenters. The van der Waals surface area contributed by atoms with Gasteiger partial charge in [-0.1, -0.05) is 17.7 Å². The van der Waals surface area contributed by atoms with E-state index in [9.17, 15) is 23.3 Å². The minimum atomic E-state index is -4.63. The predicted octanol–water partition coefficient (Wildman–Crippen LogP) is 4.25. The van der Waals surface area contributed by atoms with Crippen molar-refractivity contribution in [2.24, 2.45) is 0 Å². The number of anilines is 3. The van der Waals surface area contributed by atoms with Crippen LogP contribution in [-0.2, 0) is 12.7 Å². The van der Waals surface area contributed by atoms with Gasteiger partial charge in [-0.25, -0.2) is 15.0 Å². The fourth-order valence-electron chi connectivity index (χ4n) is 4.07. The molecule has 0 spiro atoms. The average Bonchev–Trinajstić information content (AvgIpc) is 3.33. The maximum atomic E-state index is 12.9. The highest BCUT2D eigenvalue weighted by atomic mass is 35.5. The van der Waals surface area contributed by atoms with Crippen LogP contribution in [0.2, 0.25) is 5.02 Å². The summed E-state index contributed by atoms with van der Waals surface area (Å²) < 4.78 is 49.5. The number of fused-ring (bicyclic) bond motifs is 1. The van der Waals surface area contributed by atoms with Crippen LogP contribution >= 0.6 is 11.6 Å². The number of nitrogens with zero attached hydrogens (tertiary/aromatic N) is 6. The van der Waals surface area contributed by atoms with Gasteiger partial charge in [0.25, 0.3) is 0 Å². The Kier molecular flexibility index (Phi) is 6.60. The first-order valence-electron chi connectivity index (χ1n) is 11.0. The van der Waals surface area contributed by atoms with E-state index in [-0.39, 0.29) is 29.3 Å². The summed E-state index contributed by atoms with van der Waals surface area (Å²) in [4.78, 5) is 27.0. The standard InChI is InChI=1S/C22H19ClF3N7O4/c23-15-8-14(22(24,25)26)9-27-19(15)30-20-18(33(34)35)21(29-11-28-20)32-5-3-31(4-6-32)10-13-1-2-16-17(7-13)37-12-36-16/h1-2,7-9,11H,3-6,10,12H2,(H,27,28,29,30). The van der Waals surface area contributed by atoms with E-state index in [2.05, 4.69) is 25.2 Å². The number of hydrogen-bond acceptors (Lipinski definition) is 10. The Morgan fingerprint density at radius 2 is 1.81 bits per heavy atom. The topological polar surface area (TPSA) is 119 Å². The van der Waals surface area contributed by atoms with Crippen molar-refractivity contribution in [2.45, 2.75) is 12.7 Å². The lowest BCUT2D eigenvalue weighted by atomic mass is 10.1. The normalized spacial score (nSPS) is 15.6. The smallest absolute Gasteiger partial charge is 0.417 e. The molecule has 1 N–H and O–H groups in total. The van der Waals surface area contributed by atoms with Crippen molar-refractivity contribution >= 4 is 34.7 Å². The third-order valence-electron chi connectivity index (χ3n) is 5.91. The predicted molar refractivity (Wildman–Crippen MR) is 126 cm³/mol. The number of pyridine rings is 1. The van der Waals surface area contributed by atoms with Crippen LogP contribution in [0.4, 0.5) is 36.3 Å². The van der Waals surface area contributed by atoms with Crippen molar-refractivity contribution in [1.82, 2.24) is 19.9 Å². The highest BCUT2D eigenvalue weighted by molar-refractivity contribution is 6.33. The first kappa shape index (κ1) is 24.8. The monoisotopic (exact) mass is 537 g/mol. The van der Waals surface area contributed by atoms with Crippen LogP contribution in [0.1, 0.15) is 11.1 Å². The molecule has 37 heavy (non-hydrogen) atoms. The van der Waals surface area contributed by atoms with E-state index in [0.29, 0.717) is 56.5 Å². The number of halogens is 4. The summed E-state index contributed by atoms with van der Waals surface area (Å²) in [6, 6.07) is 6.45. The number of nitrogens with one attached hydrogen (secondary N) is 1. The van der Waals surface area contributed by atoms with E-state index in [1.807, 2.05) is 18.2 Å². The van der Waals surface area contributed by atoms with E-state index >= 15 is 0 Å². The zero-order valence-corrected chi connectivity index (χ0v) is 19.8. The van der Waals surface area contributed by atoms with Crippen molar-refractivity contribution < 1.29 is 27.6 Å². The number of nitro groups is 1. The number of hydrogen-bond donors (Lipinski definition) is 1. The molecule has 1 aromatic carbocycles. The van der Waals surface area contributed by atoms with E-state index in [1.165, 1.54) is 0 Å². The first-order chi connectivity index (χ1) is 17.7. The molecule has 11 nitrogen and oxygen atoms in total. The van der Waals surface area contributed by atoms with Gasteiger partial charge in [0.15, 0.2) is 17.3 Å². The van der Waals surface area contributed by atoms with Gasteiger partial charge in [0.05, 0.1) is 15.5 Å². The molecule has 1 fully saturated rings. The Morgan fingerprint density at radius 1 is 1.05 bits per heavy atom. The molecule has 15 heteroatoms. The van der Waals surface area contributed by atoms with Crippen LogP contribution < -0.4 is 19.7 Å². The average molecular weight is 538 g/mol. The Hall–Kier alpha value is -3.91. The van der Waals surface area contributed by atoms with Crippen LogP contribution in [0, 0.1) is 10.1 Å². The quantitative estimate of drug-likeness (QED) is 0.361. The van der Waals surface area contributed by atoms with Crippen molar-refractivity contribution in [3.05, 3.63) is 63.1 Å². The molecule has 2 aliphatic heterocycles. The van der Waals surface area contributed by atoms with Gasteiger partial charge in [0, 0.05) is 38.9 Å². The lowest BCUT2D eigenvalue weighted by Gasteiger charge is -2.35. The molecule has 5 rings (SSSR count). The maximum Gasteiger partial charge on any atom is 0.417 e. The number of benzene rings is 1. The highest BCUT2D eigenvalue weighted by Crippen LogP contribution is 2.37. The van der Waals surface area contributed by atoms with Crippen LogP contribution in [-0.4, -0.2) is 57.7 Å². The van der Waals surface area contributed by atoms with Gasteiger partial charge in [0.2, 0.25) is 18.4 Å². The zero-order valence-electron chi connectivity index (χ0n) is 19.0. The Labute approximate surface area is 212 Å².